The highest BCUT2D eigenvalue weighted by Gasteiger charge is 2.70. The van der Waals surface area contributed by atoms with E-state index in [-0.39, 0.29) is 11.8 Å². The molecule has 8 rings (SSSR count). The van der Waals surface area contributed by atoms with Crippen molar-refractivity contribution < 1.29 is 23.7 Å². The summed E-state index contributed by atoms with van der Waals surface area (Å²) in [6.07, 6.45) is 9.84. The van der Waals surface area contributed by atoms with Crippen molar-refractivity contribution in [2.75, 3.05) is 0 Å². The predicted octanol–water partition coefficient (Wildman–Crippen LogP) is 3.10. The van der Waals surface area contributed by atoms with Gasteiger partial charge in [-0.1, -0.05) is 9.13 Å². The van der Waals surface area contributed by atoms with Crippen molar-refractivity contribution in [2.24, 2.45) is 35.5 Å². The second-order valence-corrected chi connectivity index (χ2v) is 13.2. The molecule has 8 aliphatic rings. The minimum Gasteiger partial charge on any atom is -0.595 e. The monoisotopic (exact) mass is 410 g/mol. The SMILES string of the molecule is O=[P+]([O-])C1C2CC3CC(C2)CC1(OC12CC4CC(CC(C4)C1[P+](=O)[O-])C2)C3. The second kappa shape index (κ2) is 5.82. The van der Waals surface area contributed by atoms with Crippen LogP contribution in [0.4, 0.5) is 0 Å². The minimum absolute atomic E-state index is 0.228. The van der Waals surface area contributed by atoms with E-state index in [4.69, 9.17) is 4.74 Å². The van der Waals surface area contributed by atoms with Crippen molar-refractivity contribution in [2.45, 2.75) is 86.7 Å². The molecule has 0 spiro atoms. The Morgan fingerprint density at radius 2 is 0.963 bits per heavy atom. The summed E-state index contributed by atoms with van der Waals surface area (Å²) in [5.74, 6) is 2.74. The lowest BCUT2D eigenvalue weighted by Gasteiger charge is -2.63. The molecule has 8 atom stereocenters. The van der Waals surface area contributed by atoms with E-state index >= 15 is 0 Å². The minimum atomic E-state index is -2.55. The van der Waals surface area contributed by atoms with Gasteiger partial charge in [-0.2, -0.15) is 0 Å². The van der Waals surface area contributed by atoms with Gasteiger partial charge in [-0.25, -0.2) is 0 Å². The Balaban J connectivity index is 1.41. The van der Waals surface area contributed by atoms with E-state index in [0.717, 1.165) is 51.4 Å². The van der Waals surface area contributed by atoms with Crippen molar-refractivity contribution >= 4 is 16.1 Å². The molecular weight excluding hydrogens is 382 g/mol. The van der Waals surface area contributed by atoms with Crippen molar-refractivity contribution in [3.05, 3.63) is 0 Å². The Bertz CT molecular complexity index is 624. The highest BCUT2D eigenvalue weighted by atomic mass is 31.1. The third kappa shape index (κ3) is 2.48. The largest absolute Gasteiger partial charge is 0.595 e. The number of rotatable bonds is 4. The first-order valence-electron chi connectivity index (χ1n) is 10.8. The molecule has 0 heterocycles. The third-order valence-corrected chi connectivity index (χ3v) is 11.9. The van der Waals surface area contributed by atoms with Gasteiger partial charge in [0.05, 0.1) is 0 Å². The number of hydrogen-bond acceptors (Lipinski definition) is 5. The summed E-state index contributed by atoms with van der Waals surface area (Å²) >= 11 is 0. The van der Waals surface area contributed by atoms with Gasteiger partial charge in [-0.05, 0) is 87.9 Å². The van der Waals surface area contributed by atoms with Gasteiger partial charge in [0.1, 0.15) is 11.2 Å². The molecule has 8 aliphatic carbocycles. The summed E-state index contributed by atoms with van der Waals surface area (Å²) in [6, 6.07) is 0. The molecule has 0 saturated heterocycles. The van der Waals surface area contributed by atoms with Gasteiger partial charge in [0.15, 0.2) is 11.3 Å². The van der Waals surface area contributed by atoms with Crippen LogP contribution in [0, 0.1) is 35.5 Å². The van der Waals surface area contributed by atoms with E-state index < -0.39 is 38.6 Å². The van der Waals surface area contributed by atoms with Crippen LogP contribution in [0.2, 0.25) is 0 Å². The van der Waals surface area contributed by atoms with Gasteiger partial charge in [0.2, 0.25) is 0 Å². The Kier molecular flexibility index (Phi) is 3.86. The Morgan fingerprint density at radius 1 is 0.630 bits per heavy atom. The molecule has 27 heavy (non-hydrogen) atoms. The standard InChI is InChI=1S/C20H28O5P2/c21-26(22)17-15-3-11-1-12(4-15)8-19(17,7-11)25-20-9-13-2-14(10-20)6-16(5-13)18(20)27(23)24/h11-18H,1-10H2. The van der Waals surface area contributed by atoms with Crippen molar-refractivity contribution in [1.82, 2.24) is 0 Å². The summed E-state index contributed by atoms with van der Waals surface area (Å²) in [7, 11) is -5.10. The maximum absolute atomic E-state index is 12.3. The third-order valence-electron chi connectivity index (χ3n) is 9.25. The van der Waals surface area contributed by atoms with Crippen molar-refractivity contribution in [1.29, 1.82) is 0 Å². The van der Waals surface area contributed by atoms with E-state index in [0.29, 0.717) is 23.7 Å². The summed E-state index contributed by atoms with van der Waals surface area (Å²) < 4.78 is 31.7. The van der Waals surface area contributed by atoms with Gasteiger partial charge in [-0.15, -0.1) is 0 Å². The molecule has 8 fully saturated rings. The fourth-order valence-corrected chi connectivity index (χ4v) is 11.8. The highest BCUT2D eigenvalue weighted by molar-refractivity contribution is 7.37. The summed E-state index contributed by atoms with van der Waals surface area (Å²) in [5, 5.41) is 0. The fraction of sp³-hybridized carbons (Fsp3) is 1.00. The lowest BCUT2D eigenvalue weighted by atomic mass is 9.51. The molecule has 8 saturated carbocycles. The molecule has 0 N–H and O–H groups in total. The summed E-state index contributed by atoms with van der Waals surface area (Å²) in [4.78, 5) is 24.7. The Morgan fingerprint density at radius 3 is 1.26 bits per heavy atom. The Labute approximate surface area is 162 Å². The number of hydrogen-bond donors (Lipinski definition) is 0. The van der Waals surface area contributed by atoms with Crippen LogP contribution in [-0.2, 0) is 13.9 Å². The molecular formula is C20H28O5P2. The predicted molar refractivity (Wildman–Crippen MR) is 96.4 cm³/mol. The summed E-state index contributed by atoms with van der Waals surface area (Å²) in [6.45, 7) is 0. The Hall–Kier alpha value is 0.0800. The van der Waals surface area contributed by atoms with Crippen molar-refractivity contribution in [3.63, 3.8) is 0 Å². The maximum atomic E-state index is 12.3. The molecule has 0 aromatic rings. The summed E-state index contributed by atoms with van der Waals surface area (Å²) in [5.41, 5.74) is -2.03. The van der Waals surface area contributed by atoms with Crippen molar-refractivity contribution in [3.8, 4) is 0 Å². The quantitative estimate of drug-likeness (QED) is 0.665. The molecule has 8 bridgehead atoms. The first-order valence-corrected chi connectivity index (χ1v) is 13.3. The van der Waals surface area contributed by atoms with E-state index in [1.165, 1.54) is 12.8 Å². The lowest BCUT2D eigenvalue weighted by Crippen LogP contribution is -2.69. The van der Waals surface area contributed by atoms with Crippen LogP contribution in [0.5, 0.6) is 0 Å². The first kappa shape index (κ1) is 17.9. The molecule has 148 valence electrons. The molecule has 0 amide bonds. The molecule has 5 nitrogen and oxygen atoms in total. The van der Waals surface area contributed by atoms with E-state index in [2.05, 4.69) is 0 Å². The van der Waals surface area contributed by atoms with E-state index in [9.17, 15) is 18.9 Å². The molecule has 0 radical (unpaired) electrons. The van der Waals surface area contributed by atoms with Crippen LogP contribution in [-0.4, -0.2) is 22.5 Å². The van der Waals surface area contributed by atoms with Crippen LogP contribution in [0.15, 0.2) is 0 Å². The molecule has 0 aliphatic heterocycles. The van der Waals surface area contributed by atoms with Gasteiger partial charge >= 0.3 is 16.1 Å². The second-order valence-electron chi connectivity index (χ2n) is 10.9. The van der Waals surface area contributed by atoms with E-state index in [1.807, 2.05) is 0 Å². The van der Waals surface area contributed by atoms with Crippen LogP contribution >= 0.6 is 16.1 Å². The highest BCUT2D eigenvalue weighted by Crippen LogP contribution is 2.67. The van der Waals surface area contributed by atoms with Crippen LogP contribution in [0.1, 0.15) is 64.2 Å². The zero-order chi connectivity index (χ0) is 18.6. The number of ether oxygens (including phenoxy) is 1. The topological polar surface area (TPSA) is 89.5 Å². The first-order chi connectivity index (χ1) is 12.9. The van der Waals surface area contributed by atoms with Crippen LogP contribution in [0.25, 0.3) is 0 Å². The molecule has 0 aromatic carbocycles. The van der Waals surface area contributed by atoms with Crippen LogP contribution in [0.3, 0.4) is 0 Å². The molecule has 0 aromatic heterocycles. The maximum Gasteiger partial charge on any atom is 0.315 e. The van der Waals surface area contributed by atoms with Crippen LogP contribution < -0.4 is 9.79 Å². The van der Waals surface area contributed by atoms with Gasteiger partial charge in [0.25, 0.3) is 0 Å². The smallest absolute Gasteiger partial charge is 0.315 e. The lowest BCUT2D eigenvalue weighted by molar-refractivity contribution is -0.272. The fourth-order valence-electron chi connectivity index (χ4n) is 9.30. The zero-order valence-corrected chi connectivity index (χ0v) is 17.4. The molecule has 8 unspecified atom stereocenters. The average molecular weight is 410 g/mol. The van der Waals surface area contributed by atoms with Gasteiger partial charge in [0, 0.05) is 11.8 Å². The van der Waals surface area contributed by atoms with E-state index in [1.54, 1.807) is 0 Å². The normalized spacial score (nSPS) is 58.6. The van der Waals surface area contributed by atoms with Gasteiger partial charge in [-0.3, -0.25) is 0 Å². The molecule has 7 heteroatoms. The zero-order valence-electron chi connectivity index (χ0n) is 15.6. The van der Waals surface area contributed by atoms with Gasteiger partial charge < -0.3 is 14.5 Å². The average Bonchev–Trinajstić information content (AvgIpc) is 2.50.